The van der Waals surface area contributed by atoms with E-state index < -0.39 is 0 Å². The SMILES string of the molecule is CCCC1CCCN(C(=O)CCCN)C1. The van der Waals surface area contributed by atoms with Crippen molar-refractivity contribution in [1.82, 2.24) is 4.90 Å². The Morgan fingerprint density at radius 3 is 3.00 bits per heavy atom. The average molecular weight is 212 g/mol. The van der Waals surface area contributed by atoms with Gasteiger partial charge in [0.25, 0.3) is 0 Å². The van der Waals surface area contributed by atoms with E-state index >= 15 is 0 Å². The van der Waals surface area contributed by atoms with Crippen LogP contribution in [0.5, 0.6) is 0 Å². The molecular formula is C12H24N2O. The van der Waals surface area contributed by atoms with Gasteiger partial charge in [-0.1, -0.05) is 13.3 Å². The van der Waals surface area contributed by atoms with Crippen molar-refractivity contribution in [3.8, 4) is 0 Å². The molecule has 0 saturated carbocycles. The van der Waals surface area contributed by atoms with Crippen LogP contribution in [0.2, 0.25) is 0 Å². The van der Waals surface area contributed by atoms with Crippen LogP contribution in [0.1, 0.15) is 45.4 Å². The van der Waals surface area contributed by atoms with E-state index in [1.165, 1.54) is 25.7 Å². The molecule has 1 fully saturated rings. The summed E-state index contributed by atoms with van der Waals surface area (Å²) in [5.74, 6) is 1.05. The molecule has 0 aromatic rings. The lowest BCUT2D eigenvalue weighted by molar-refractivity contribution is -0.133. The summed E-state index contributed by atoms with van der Waals surface area (Å²) in [5, 5.41) is 0. The summed E-state index contributed by atoms with van der Waals surface area (Å²) < 4.78 is 0. The number of likely N-dealkylation sites (tertiary alicyclic amines) is 1. The number of carbonyl (C=O) groups excluding carboxylic acids is 1. The van der Waals surface area contributed by atoms with Crippen LogP contribution in [0.3, 0.4) is 0 Å². The van der Waals surface area contributed by atoms with Crippen LogP contribution in [-0.4, -0.2) is 30.4 Å². The summed E-state index contributed by atoms with van der Waals surface area (Å²) in [5.41, 5.74) is 5.41. The number of nitrogens with zero attached hydrogens (tertiary/aromatic N) is 1. The first-order valence-corrected chi connectivity index (χ1v) is 6.25. The van der Waals surface area contributed by atoms with Gasteiger partial charge in [0.1, 0.15) is 0 Å². The van der Waals surface area contributed by atoms with E-state index in [4.69, 9.17) is 5.73 Å². The smallest absolute Gasteiger partial charge is 0.222 e. The normalized spacial score (nSPS) is 21.7. The topological polar surface area (TPSA) is 46.3 Å². The number of hydrogen-bond donors (Lipinski definition) is 1. The summed E-state index contributed by atoms with van der Waals surface area (Å²) in [6.45, 7) is 4.79. The van der Waals surface area contributed by atoms with Crippen LogP contribution in [-0.2, 0) is 4.79 Å². The third-order valence-electron chi connectivity index (χ3n) is 3.16. The lowest BCUT2D eigenvalue weighted by Gasteiger charge is -2.32. The Morgan fingerprint density at radius 2 is 2.33 bits per heavy atom. The van der Waals surface area contributed by atoms with E-state index in [0.717, 1.165) is 25.4 Å². The van der Waals surface area contributed by atoms with E-state index in [9.17, 15) is 4.79 Å². The van der Waals surface area contributed by atoms with Gasteiger partial charge in [-0.3, -0.25) is 4.79 Å². The first-order valence-electron chi connectivity index (χ1n) is 6.25. The Labute approximate surface area is 93.0 Å². The third-order valence-corrected chi connectivity index (χ3v) is 3.16. The van der Waals surface area contributed by atoms with Crippen molar-refractivity contribution in [1.29, 1.82) is 0 Å². The zero-order valence-electron chi connectivity index (χ0n) is 9.87. The fourth-order valence-electron chi connectivity index (χ4n) is 2.35. The molecule has 1 rings (SSSR count). The van der Waals surface area contributed by atoms with E-state index in [1.807, 2.05) is 4.90 Å². The molecule has 0 aromatic heterocycles. The van der Waals surface area contributed by atoms with Crippen molar-refractivity contribution in [3.63, 3.8) is 0 Å². The molecule has 1 aliphatic rings. The Kier molecular flexibility index (Phi) is 5.69. The molecule has 0 spiro atoms. The first-order chi connectivity index (χ1) is 7.27. The lowest BCUT2D eigenvalue weighted by Crippen LogP contribution is -2.39. The molecule has 1 saturated heterocycles. The lowest BCUT2D eigenvalue weighted by atomic mass is 9.93. The predicted molar refractivity (Wildman–Crippen MR) is 62.5 cm³/mol. The highest BCUT2D eigenvalue weighted by Crippen LogP contribution is 2.21. The van der Waals surface area contributed by atoms with Gasteiger partial charge < -0.3 is 10.6 Å². The summed E-state index contributed by atoms with van der Waals surface area (Å²) >= 11 is 0. The van der Waals surface area contributed by atoms with Gasteiger partial charge in [0.05, 0.1) is 0 Å². The maximum absolute atomic E-state index is 11.8. The van der Waals surface area contributed by atoms with Crippen molar-refractivity contribution in [2.75, 3.05) is 19.6 Å². The van der Waals surface area contributed by atoms with Crippen molar-refractivity contribution in [2.24, 2.45) is 11.7 Å². The second-order valence-electron chi connectivity index (χ2n) is 4.53. The molecule has 2 N–H and O–H groups in total. The summed E-state index contributed by atoms with van der Waals surface area (Å²) in [7, 11) is 0. The van der Waals surface area contributed by atoms with Gasteiger partial charge >= 0.3 is 0 Å². The largest absolute Gasteiger partial charge is 0.342 e. The summed E-state index contributed by atoms with van der Waals surface area (Å²) in [4.78, 5) is 13.8. The number of hydrogen-bond acceptors (Lipinski definition) is 2. The number of rotatable bonds is 5. The minimum atomic E-state index is 0.307. The van der Waals surface area contributed by atoms with E-state index in [2.05, 4.69) is 6.92 Å². The molecule has 15 heavy (non-hydrogen) atoms. The molecule has 3 heteroatoms. The maximum Gasteiger partial charge on any atom is 0.222 e. The first kappa shape index (κ1) is 12.5. The molecule has 0 radical (unpaired) electrons. The average Bonchev–Trinajstić information content (AvgIpc) is 2.27. The second-order valence-corrected chi connectivity index (χ2v) is 4.53. The highest BCUT2D eigenvalue weighted by atomic mass is 16.2. The van der Waals surface area contributed by atoms with Crippen LogP contribution in [0.25, 0.3) is 0 Å². The Morgan fingerprint density at radius 1 is 1.53 bits per heavy atom. The molecule has 1 atom stereocenters. The molecule has 3 nitrogen and oxygen atoms in total. The third kappa shape index (κ3) is 4.20. The molecule has 88 valence electrons. The van der Waals surface area contributed by atoms with Crippen molar-refractivity contribution in [2.45, 2.75) is 45.4 Å². The van der Waals surface area contributed by atoms with Gasteiger partial charge in [-0.25, -0.2) is 0 Å². The van der Waals surface area contributed by atoms with Crippen LogP contribution in [0, 0.1) is 5.92 Å². The van der Waals surface area contributed by atoms with Gasteiger partial charge in [-0.05, 0) is 38.1 Å². The highest BCUT2D eigenvalue weighted by molar-refractivity contribution is 5.76. The van der Waals surface area contributed by atoms with Crippen LogP contribution < -0.4 is 5.73 Å². The fourth-order valence-corrected chi connectivity index (χ4v) is 2.35. The van der Waals surface area contributed by atoms with E-state index in [0.29, 0.717) is 18.9 Å². The van der Waals surface area contributed by atoms with Gasteiger partial charge in [-0.15, -0.1) is 0 Å². The van der Waals surface area contributed by atoms with E-state index in [-0.39, 0.29) is 0 Å². The van der Waals surface area contributed by atoms with Crippen molar-refractivity contribution < 1.29 is 4.79 Å². The van der Waals surface area contributed by atoms with Gasteiger partial charge in [-0.2, -0.15) is 0 Å². The number of amides is 1. The number of nitrogens with two attached hydrogens (primary N) is 1. The summed E-state index contributed by atoms with van der Waals surface area (Å²) in [6, 6.07) is 0. The quantitative estimate of drug-likeness (QED) is 0.755. The molecule has 1 amide bonds. The van der Waals surface area contributed by atoms with Crippen LogP contribution in [0.15, 0.2) is 0 Å². The second kappa shape index (κ2) is 6.83. The van der Waals surface area contributed by atoms with Crippen LogP contribution in [0.4, 0.5) is 0 Å². The standard InChI is InChI=1S/C12H24N2O/c1-2-5-11-6-4-9-14(10-11)12(15)7-3-8-13/h11H,2-10,13H2,1H3. The molecule has 1 heterocycles. The van der Waals surface area contributed by atoms with Crippen molar-refractivity contribution in [3.05, 3.63) is 0 Å². The maximum atomic E-state index is 11.8. The predicted octanol–water partition coefficient (Wildman–Crippen LogP) is 1.76. The van der Waals surface area contributed by atoms with Crippen LogP contribution >= 0.6 is 0 Å². The fraction of sp³-hybridized carbons (Fsp3) is 0.917. The van der Waals surface area contributed by atoms with Crippen molar-refractivity contribution >= 4 is 5.91 Å². The highest BCUT2D eigenvalue weighted by Gasteiger charge is 2.22. The molecule has 0 aromatic carbocycles. The monoisotopic (exact) mass is 212 g/mol. The molecule has 0 bridgehead atoms. The zero-order chi connectivity index (χ0) is 11.1. The molecule has 1 aliphatic heterocycles. The Hall–Kier alpha value is -0.570. The Balaban J connectivity index is 2.31. The molecule has 1 unspecified atom stereocenters. The minimum Gasteiger partial charge on any atom is -0.342 e. The molecule has 0 aliphatic carbocycles. The van der Waals surface area contributed by atoms with Gasteiger partial charge in [0, 0.05) is 19.5 Å². The number of piperidine rings is 1. The van der Waals surface area contributed by atoms with Gasteiger partial charge in [0.2, 0.25) is 5.91 Å². The van der Waals surface area contributed by atoms with E-state index in [1.54, 1.807) is 0 Å². The van der Waals surface area contributed by atoms with Gasteiger partial charge in [0.15, 0.2) is 0 Å². The Bertz CT molecular complexity index is 192. The molecular weight excluding hydrogens is 188 g/mol. The number of carbonyl (C=O) groups is 1. The minimum absolute atomic E-state index is 0.307. The summed E-state index contributed by atoms with van der Waals surface area (Å²) in [6.07, 6.45) is 6.44. The zero-order valence-corrected chi connectivity index (χ0v) is 9.87.